The van der Waals surface area contributed by atoms with E-state index in [0.717, 1.165) is 51.6 Å². The molecule has 6 nitrogen and oxygen atoms in total. The van der Waals surface area contributed by atoms with Gasteiger partial charge in [-0.25, -0.2) is 4.98 Å². The molecule has 2 saturated heterocycles. The molecule has 0 radical (unpaired) electrons. The molecule has 1 N–H and O–H groups in total. The molecule has 2 aliphatic heterocycles. The van der Waals surface area contributed by atoms with Crippen LogP contribution in [0.1, 0.15) is 19.8 Å². The summed E-state index contributed by atoms with van der Waals surface area (Å²) in [7, 11) is 0. The quantitative estimate of drug-likeness (QED) is 0.738. The molecule has 1 aromatic rings. The van der Waals surface area contributed by atoms with Crippen LogP contribution in [0.25, 0.3) is 0 Å². The molecule has 6 heteroatoms. The molecule has 0 aliphatic carbocycles. The van der Waals surface area contributed by atoms with E-state index in [1.807, 2.05) is 19.2 Å². The Morgan fingerprint density at radius 2 is 2.15 bits per heavy atom. The minimum absolute atomic E-state index is 0.0613. The third kappa shape index (κ3) is 5.53. The Morgan fingerprint density at radius 1 is 1.33 bits per heavy atom. The average molecular weight is 372 g/mol. The Bertz CT molecular complexity index is 600. The molecule has 2 atom stereocenters. The lowest BCUT2D eigenvalue weighted by molar-refractivity contribution is -0.126. The van der Waals surface area contributed by atoms with Gasteiger partial charge < -0.3 is 10.2 Å². The number of piperidine rings is 1. The van der Waals surface area contributed by atoms with E-state index in [9.17, 15) is 4.79 Å². The molecule has 0 aromatic carbocycles. The van der Waals surface area contributed by atoms with Crippen LogP contribution >= 0.6 is 0 Å². The largest absolute Gasteiger partial charge is 0.354 e. The molecule has 1 amide bonds. The van der Waals surface area contributed by atoms with E-state index < -0.39 is 0 Å². The van der Waals surface area contributed by atoms with Crippen LogP contribution in [-0.4, -0.2) is 79.1 Å². The second-order valence-electron chi connectivity index (χ2n) is 7.69. The predicted molar refractivity (Wildman–Crippen MR) is 110 cm³/mol. The van der Waals surface area contributed by atoms with Crippen molar-refractivity contribution in [3.8, 4) is 0 Å². The summed E-state index contributed by atoms with van der Waals surface area (Å²) in [5.74, 6) is 1.84. The number of aromatic nitrogens is 1. The molecule has 0 unspecified atom stereocenters. The monoisotopic (exact) mass is 371 g/mol. The summed E-state index contributed by atoms with van der Waals surface area (Å²) in [5.41, 5.74) is 0. The molecule has 3 heterocycles. The Kier molecular flexibility index (Phi) is 7.24. The molecule has 2 aliphatic rings. The average Bonchev–Trinajstić information content (AvgIpc) is 2.73. The maximum atomic E-state index is 12.2. The van der Waals surface area contributed by atoms with Crippen LogP contribution in [0.3, 0.4) is 0 Å². The minimum atomic E-state index is -0.0613. The summed E-state index contributed by atoms with van der Waals surface area (Å²) in [5, 5.41) is 2.93. The number of hydrogen-bond donors (Lipinski definition) is 1. The number of carbonyl (C=O) groups excluding carboxylic acids is 1. The second-order valence-corrected chi connectivity index (χ2v) is 7.69. The maximum Gasteiger partial charge on any atom is 0.237 e. The van der Waals surface area contributed by atoms with E-state index in [2.05, 4.69) is 43.7 Å². The number of carbonyl (C=O) groups is 1. The lowest BCUT2D eigenvalue weighted by Gasteiger charge is -2.40. The molecule has 0 bridgehead atoms. The zero-order valence-electron chi connectivity index (χ0n) is 16.5. The first-order chi connectivity index (χ1) is 13.2. The zero-order valence-corrected chi connectivity index (χ0v) is 16.5. The smallest absolute Gasteiger partial charge is 0.237 e. The van der Waals surface area contributed by atoms with Gasteiger partial charge in [0, 0.05) is 52.0 Å². The van der Waals surface area contributed by atoms with E-state index in [1.54, 1.807) is 6.08 Å². The number of hydrogen-bond acceptors (Lipinski definition) is 5. The van der Waals surface area contributed by atoms with Crippen molar-refractivity contribution >= 4 is 11.7 Å². The van der Waals surface area contributed by atoms with Crippen molar-refractivity contribution in [3.05, 3.63) is 37.1 Å². The van der Waals surface area contributed by atoms with Crippen molar-refractivity contribution in [2.24, 2.45) is 5.92 Å². The first kappa shape index (κ1) is 19.8. The van der Waals surface area contributed by atoms with Crippen LogP contribution in [0.2, 0.25) is 0 Å². The van der Waals surface area contributed by atoms with E-state index in [-0.39, 0.29) is 11.9 Å². The fraction of sp³-hybridized carbons (Fsp3) is 0.619. The number of nitrogens with zero attached hydrogens (tertiary/aromatic N) is 4. The summed E-state index contributed by atoms with van der Waals surface area (Å²) in [6.07, 6.45) is 6.04. The number of nitrogens with one attached hydrogen (secondary N) is 1. The van der Waals surface area contributed by atoms with Gasteiger partial charge in [-0.15, -0.1) is 6.58 Å². The number of anilines is 1. The Labute approximate surface area is 163 Å². The van der Waals surface area contributed by atoms with Gasteiger partial charge in [-0.1, -0.05) is 12.1 Å². The molecule has 2 fully saturated rings. The molecular formula is C21H33N5O. The van der Waals surface area contributed by atoms with Gasteiger partial charge in [0.05, 0.1) is 6.04 Å². The number of likely N-dealkylation sites (tertiary alicyclic amines) is 1. The Hall–Kier alpha value is -1.92. The van der Waals surface area contributed by atoms with Gasteiger partial charge in [-0.3, -0.25) is 14.6 Å². The highest BCUT2D eigenvalue weighted by molar-refractivity contribution is 5.81. The van der Waals surface area contributed by atoms with Crippen molar-refractivity contribution in [2.75, 3.05) is 57.3 Å². The van der Waals surface area contributed by atoms with Crippen molar-refractivity contribution in [1.29, 1.82) is 0 Å². The highest BCUT2D eigenvalue weighted by Gasteiger charge is 2.29. The van der Waals surface area contributed by atoms with E-state index in [0.29, 0.717) is 12.5 Å². The van der Waals surface area contributed by atoms with E-state index in [1.165, 1.54) is 12.8 Å². The molecular weight excluding hydrogens is 338 g/mol. The normalized spacial score (nSPS) is 23.0. The summed E-state index contributed by atoms with van der Waals surface area (Å²) < 4.78 is 0. The van der Waals surface area contributed by atoms with Gasteiger partial charge in [0.1, 0.15) is 5.82 Å². The van der Waals surface area contributed by atoms with E-state index in [4.69, 9.17) is 0 Å². The van der Waals surface area contributed by atoms with Gasteiger partial charge in [0.2, 0.25) is 5.91 Å². The topological polar surface area (TPSA) is 51.7 Å². The van der Waals surface area contributed by atoms with Crippen molar-refractivity contribution in [1.82, 2.24) is 20.1 Å². The molecule has 148 valence electrons. The highest BCUT2D eigenvalue weighted by Crippen LogP contribution is 2.21. The van der Waals surface area contributed by atoms with Crippen LogP contribution in [0.5, 0.6) is 0 Å². The third-order valence-corrected chi connectivity index (χ3v) is 5.76. The van der Waals surface area contributed by atoms with Gasteiger partial charge in [0.25, 0.3) is 0 Å². The van der Waals surface area contributed by atoms with Gasteiger partial charge in [-0.05, 0) is 44.4 Å². The summed E-state index contributed by atoms with van der Waals surface area (Å²) >= 11 is 0. The number of piperazine rings is 1. The number of pyridine rings is 1. The fourth-order valence-electron chi connectivity index (χ4n) is 4.15. The molecule has 3 rings (SSSR count). The Morgan fingerprint density at radius 3 is 2.85 bits per heavy atom. The first-order valence-corrected chi connectivity index (χ1v) is 10.2. The number of amides is 1. The predicted octanol–water partition coefficient (Wildman–Crippen LogP) is 1.61. The summed E-state index contributed by atoms with van der Waals surface area (Å²) in [6, 6.07) is 6.05. The molecule has 0 spiro atoms. The molecule has 1 aromatic heterocycles. The first-order valence-electron chi connectivity index (χ1n) is 10.2. The lowest BCUT2D eigenvalue weighted by Crippen LogP contribution is -2.52. The number of rotatable bonds is 7. The second kappa shape index (κ2) is 9.85. The van der Waals surface area contributed by atoms with Crippen LogP contribution in [0.4, 0.5) is 5.82 Å². The standard InChI is InChI=1S/C21H33N5O/c1-3-9-23-21(27)18(2)26-11-6-7-19(17-26)16-24-12-14-25(15-13-24)20-8-4-5-10-22-20/h3-5,8,10,18-19H,1,6-7,9,11-17H2,2H3,(H,23,27)/t18-,19-/m0/s1. The lowest BCUT2D eigenvalue weighted by atomic mass is 9.95. The molecule has 27 heavy (non-hydrogen) atoms. The van der Waals surface area contributed by atoms with Gasteiger partial charge in [0.15, 0.2) is 0 Å². The van der Waals surface area contributed by atoms with E-state index >= 15 is 0 Å². The molecule has 0 saturated carbocycles. The van der Waals surface area contributed by atoms with Crippen LogP contribution in [0.15, 0.2) is 37.1 Å². The van der Waals surface area contributed by atoms with Gasteiger partial charge in [-0.2, -0.15) is 0 Å². The Balaban J connectivity index is 1.44. The van der Waals surface area contributed by atoms with Crippen molar-refractivity contribution in [3.63, 3.8) is 0 Å². The van der Waals surface area contributed by atoms with Gasteiger partial charge >= 0.3 is 0 Å². The maximum absolute atomic E-state index is 12.2. The third-order valence-electron chi connectivity index (χ3n) is 5.76. The van der Waals surface area contributed by atoms with Crippen LogP contribution < -0.4 is 10.2 Å². The SMILES string of the molecule is C=CCNC(=O)[C@H](C)N1CCC[C@@H](CN2CCN(c3ccccn3)CC2)C1. The zero-order chi connectivity index (χ0) is 19.1. The highest BCUT2D eigenvalue weighted by atomic mass is 16.2. The van der Waals surface area contributed by atoms with Crippen molar-refractivity contribution in [2.45, 2.75) is 25.8 Å². The van der Waals surface area contributed by atoms with Crippen molar-refractivity contribution < 1.29 is 4.79 Å². The fourth-order valence-corrected chi connectivity index (χ4v) is 4.15. The van der Waals surface area contributed by atoms with Crippen LogP contribution in [-0.2, 0) is 4.79 Å². The minimum Gasteiger partial charge on any atom is -0.354 e. The summed E-state index contributed by atoms with van der Waals surface area (Å²) in [6.45, 7) is 13.6. The van der Waals surface area contributed by atoms with Crippen LogP contribution in [0, 0.1) is 5.92 Å². The summed E-state index contributed by atoms with van der Waals surface area (Å²) in [4.78, 5) is 24.0.